The lowest BCUT2D eigenvalue weighted by Crippen LogP contribution is -2.36. The largest absolute Gasteiger partial charge is 0.374 e. The number of ether oxygens (including phenoxy) is 1. The number of hydrogen-bond donors (Lipinski definition) is 1. The van der Waals surface area contributed by atoms with Crippen LogP contribution in [0.1, 0.15) is 45.8 Å². The number of rotatable bonds is 9. The molecule has 5 heteroatoms. The van der Waals surface area contributed by atoms with Crippen LogP contribution >= 0.6 is 0 Å². The highest BCUT2D eigenvalue weighted by Gasteiger charge is 2.17. The van der Waals surface area contributed by atoms with Crippen molar-refractivity contribution in [3.05, 3.63) is 11.7 Å². The number of aromatic nitrogens is 2. The third kappa shape index (κ3) is 5.14. The van der Waals surface area contributed by atoms with Gasteiger partial charge < -0.3 is 14.6 Å². The fourth-order valence-electron chi connectivity index (χ4n) is 1.69. The number of nitrogens with one attached hydrogen (secondary N) is 1. The van der Waals surface area contributed by atoms with Gasteiger partial charge in [0.2, 0.25) is 5.89 Å². The first-order valence-electron chi connectivity index (χ1n) is 6.79. The van der Waals surface area contributed by atoms with Crippen molar-refractivity contribution in [2.75, 3.05) is 13.2 Å². The monoisotopic (exact) mass is 255 g/mol. The summed E-state index contributed by atoms with van der Waals surface area (Å²) in [6.07, 6.45) is 1.90. The van der Waals surface area contributed by atoms with Crippen LogP contribution in [0.15, 0.2) is 4.52 Å². The second-order valence-electron chi connectivity index (χ2n) is 4.75. The number of nitrogens with zero attached hydrogens (tertiary/aromatic N) is 2. The summed E-state index contributed by atoms with van der Waals surface area (Å²) in [5, 5.41) is 7.42. The zero-order valence-corrected chi connectivity index (χ0v) is 11.9. The molecule has 5 nitrogen and oxygen atoms in total. The van der Waals surface area contributed by atoms with E-state index in [1.165, 1.54) is 0 Å². The van der Waals surface area contributed by atoms with Crippen LogP contribution in [0.4, 0.5) is 0 Å². The molecule has 1 N–H and O–H groups in total. The topological polar surface area (TPSA) is 60.2 Å². The fourth-order valence-corrected chi connectivity index (χ4v) is 1.69. The molecule has 1 heterocycles. The quantitative estimate of drug-likeness (QED) is 0.733. The van der Waals surface area contributed by atoms with Gasteiger partial charge in [-0.2, -0.15) is 4.98 Å². The van der Waals surface area contributed by atoms with Gasteiger partial charge in [0.25, 0.3) is 0 Å². The zero-order valence-electron chi connectivity index (χ0n) is 11.9. The van der Waals surface area contributed by atoms with Gasteiger partial charge in [-0.1, -0.05) is 25.9 Å². The Balaban J connectivity index is 2.49. The Morgan fingerprint density at radius 1 is 1.33 bits per heavy atom. The second kappa shape index (κ2) is 8.21. The van der Waals surface area contributed by atoms with Crippen molar-refractivity contribution in [2.45, 2.75) is 53.2 Å². The molecule has 1 rings (SSSR count). The van der Waals surface area contributed by atoms with Gasteiger partial charge in [-0.3, -0.25) is 0 Å². The molecule has 1 atom stereocenters. The molecule has 0 aliphatic heterocycles. The molecule has 0 fully saturated rings. The molecule has 0 aliphatic rings. The Kier molecular flexibility index (Phi) is 6.90. The van der Waals surface area contributed by atoms with Gasteiger partial charge in [-0.15, -0.1) is 0 Å². The van der Waals surface area contributed by atoms with Gasteiger partial charge in [0.05, 0.1) is 0 Å². The molecule has 0 saturated heterocycles. The second-order valence-corrected chi connectivity index (χ2v) is 4.75. The molecule has 104 valence electrons. The molecular formula is C13H25N3O2. The molecule has 0 amide bonds. The van der Waals surface area contributed by atoms with E-state index in [0.717, 1.165) is 19.4 Å². The Morgan fingerprint density at radius 2 is 2.11 bits per heavy atom. The van der Waals surface area contributed by atoms with Gasteiger partial charge in [-0.05, 0) is 25.8 Å². The third-order valence-electron chi connectivity index (χ3n) is 2.80. The highest BCUT2D eigenvalue weighted by molar-refractivity contribution is 4.89. The third-order valence-corrected chi connectivity index (χ3v) is 2.80. The SMILES string of the molecule is CCCNC(Cc1nc(COCC)no1)C(C)C. The van der Waals surface area contributed by atoms with E-state index >= 15 is 0 Å². The molecule has 0 aliphatic carbocycles. The molecule has 0 radical (unpaired) electrons. The van der Waals surface area contributed by atoms with Crippen molar-refractivity contribution in [1.82, 2.24) is 15.5 Å². The summed E-state index contributed by atoms with van der Waals surface area (Å²) >= 11 is 0. The van der Waals surface area contributed by atoms with Crippen molar-refractivity contribution >= 4 is 0 Å². The zero-order chi connectivity index (χ0) is 13.4. The van der Waals surface area contributed by atoms with E-state index in [1.54, 1.807) is 0 Å². The van der Waals surface area contributed by atoms with E-state index in [9.17, 15) is 0 Å². The number of hydrogen-bond acceptors (Lipinski definition) is 5. The molecule has 0 aromatic carbocycles. The molecular weight excluding hydrogens is 230 g/mol. The lowest BCUT2D eigenvalue weighted by molar-refractivity contribution is 0.126. The van der Waals surface area contributed by atoms with Crippen LogP contribution in [0.25, 0.3) is 0 Å². The highest BCUT2D eigenvalue weighted by atomic mass is 16.5. The Morgan fingerprint density at radius 3 is 2.72 bits per heavy atom. The molecule has 1 aromatic heterocycles. The van der Waals surface area contributed by atoms with E-state index in [0.29, 0.717) is 36.9 Å². The van der Waals surface area contributed by atoms with Crippen LogP contribution < -0.4 is 5.32 Å². The smallest absolute Gasteiger partial charge is 0.228 e. The minimum Gasteiger partial charge on any atom is -0.374 e. The normalized spacial score (nSPS) is 13.2. The van der Waals surface area contributed by atoms with Crippen molar-refractivity contribution in [1.29, 1.82) is 0 Å². The van der Waals surface area contributed by atoms with Gasteiger partial charge in [-0.25, -0.2) is 0 Å². The van der Waals surface area contributed by atoms with Crippen molar-refractivity contribution in [3.63, 3.8) is 0 Å². The molecule has 18 heavy (non-hydrogen) atoms. The van der Waals surface area contributed by atoms with E-state index in [4.69, 9.17) is 9.26 Å². The van der Waals surface area contributed by atoms with Gasteiger partial charge >= 0.3 is 0 Å². The highest BCUT2D eigenvalue weighted by Crippen LogP contribution is 2.09. The van der Waals surface area contributed by atoms with E-state index in [-0.39, 0.29) is 0 Å². The summed E-state index contributed by atoms with van der Waals surface area (Å²) in [5.41, 5.74) is 0. The predicted molar refractivity (Wildman–Crippen MR) is 70.3 cm³/mol. The van der Waals surface area contributed by atoms with Crippen molar-refractivity contribution < 1.29 is 9.26 Å². The van der Waals surface area contributed by atoms with E-state index in [1.807, 2.05) is 6.92 Å². The summed E-state index contributed by atoms with van der Waals surface area (Å²) < 4.78 is 10.5. The predicted octanol–water partition coefficient (Wildman–Crippen LogP) is 2.17. The lowest BCUT2D eigenvalue weighted by Gasteiger charge is -2.20. The Bertz CT molecular complexity index is 326. The van der Waals surface area contributed by atoms with E-state index < -0.39 is 0 Å². The minimum atomic E-state index is 0.380. The van der Waals surface area contributed by atoms with Crippen LogP contribution in [-0.4, -0.2) is 29.3 Å². The molecule has 1 aromatic rings. The Labute approximate surface area is 109 Å². The van der Waals surface area contributed by atoms with Crippen molar-refractivity contribution in [2.24, 2.45) is 5.92 Å². The first kappa shape index (κ1) is 15.1. The van der Waals surface area contributed by atoms with Crippen molar-refractivity contribution in [3.8, 4) is 0 Å². The van der Waals surface area contributed by atoms with Crippen LogP contribution in [-0.2, 0) is 17.8 Å². The van der Waals surface area contributed by atoms with Crippen LogP contribution in [0.3, 0.4) is 0 Å². The first-order chi connectivity index (χ1) is 8.67. The van der Waals surface area contributed by atoms with Crippen LogP contribution in [0.5, 0.6) is 0 Å². The molecule has 0 bridgehead atoms. The van der Waals surface area contributed by atoms with Gasteiger partial charge in [0.15, 0.2) is 5.82 Å². The molecule has 0 saturated carbocycles. The Hall–Kier alpha value is -0.940. The summed E-state index contributed by atoms with van der Waals surface area (Å²) in [6.45, 7) is 10.6. The summed E-state index contributed by atoms with van der Waals surface area (Å²) in [5.74, 6) is 1.86. The standard InChI is InChI=1S/C13H25N3O2/c1-5-7-14-11(10(3)4)8-13-15-12(16-18-13)9-17-6-2/h10-11,14H,5-9H2,1-4H3. The summed E-state index contributed by atoms with van der Waals surface area (Å²) in [7, 11) is 0. The maximum Gasteiger partial charge on any atom is 0.228 e. The summed E-state index contributed by atoms with van der Waals surface area (Å²) in [6, 6.07) is 0.380. The fraction of sp³-hybridized carbons (Fsp3) is 0.846. The minimum absolute atomic E-state index is 0.380. The maximum atomic E-state index is 5.25. The van der Waals surface area contributed by atoms with Gasteiger partial charge in [0, 0.05) is 19.1 Å². The molecule has 1 unspecified atom stereocenters. The summed E-state index contributed by atoms with van der Waals surface area (Å²) in [4.78, 5) is 4.34. The average molecular weight is 255 g/mol. The molecule has 0 spiro atoms. The average Bonchev–Trinajstić information content (AvgIpc) is 2.79. The van der Waals surface area contributed by atoms with E-state index in [2.05, 4.69) is 36.2 Å². The maximum absolute atomic E-state index is 5.25. The van der Waals surface area contributed by atoms with Crippen LogP contribution in [0.2, 0.25) is 0 Å². The van der Waals surface area contributed by atoms with Gasteiger partial charge in [0.1, 0.15) is 6.61 Å². The van der Waals surface area contributed by atoms with Crippen LogP contribution in [0, 0.1) is 5.92 Å². The lowest BCUT2D eigenvalue weighted by atomic mass is 10.0. The first-order valence-corrected chi connectivity index (χ1v) is 6.79.